The summed E-state index contributed by atoms with van der Waals surface area (Å²) >= 11 is 6.78. The third-order valence-corrected chi connectivity index (χ3v) is 4.78. The first-order valence-corrected chi connectivity index (χ1v) is 9.67. The number of anilines is 1. The summed E-state index contributed by atoms with van der Waals surface area (Å²) in [5.41, 5.74) is 2.51. The molecule has 3 aromatic rings. The summed E-state index contributed by atoms with van der Waals surface area (Å²) in [4.78, 5) is 12.0. The molecule has 1 N–H and O–H groups in total. The maximum Gasteiger partial charge on any atom is 0.277 e. The van der Waals surface area contributed by atoms with Gasteiger partial charge in [0.05, 0.1) is 10.8 Å². The van der Waals surface area contributed by atoms with Crippen molar-refractivity contribution in [1.82, 2.24) is 10.2 Å². The number of nitrogens with zero attached hydrogens (tertiary/aromatic N) is 2. The fourth-order valence-electron chi connectivity index (χ4n) is 2.26. The lowest BCUT2D eigenvalue weighted by molar-refractivity contribution is -0.113. The van der Waals surface area contributed by atoms with E-state index in [1.165, 1.54) is 18.2 Å². The highest BCUT2D eigenvalue weighted by Gasteiger charge is 2.12. The Kier molecular flexibility index (Phi) is 6.53. The van der Waals surface area contributed by atoms with Gasteiger partial charge in [0.15, 0.2) is 6.61 Å². The van der Waals surface area contributed by atoms with Crippen LogP contribution in [0.5, 0.6) is 5.75 Å². The second-order valence-electron chi connectivity index (χ2n) is 5.99. The number of thioether (sulfide) groups is 1. The first kappa shape index (κ1) is 20.2. The maximum absolute atomic E-state index is 13.1. The normalized spacial score (nSPS) is 10.7. The van der Waals surface area contributed by atoms with Gasteiger partial charge >= 0.3 is 0 Å². The minimum absolute atomic E-state index is 0.0501. The molecule has 0 aliphatic rings. The van der Waals surface area contributed by atoms with Crippen molar-refractivity contribution in [2.45, 2.75) is 25.7 Å². The molecule has 28 heavy (non-hydrogen) atoms. The van der Waals surface area contributed by atoms with E-state index in [0.29, 0.717) is 11.6 Å². The van der Waals surface area contributed by atoms with Crippen LogP contribution in [0, 0.1) is 19.7 Å². The SMILES string of the molecule is Cc1ccc(C)c(OCc2nnc(SCC(=O)Nc3ccc(F)c(Cl)c3)o2)c1. The third-order valence-electron chi connectivity index (χ3n) is 3.67. The van der Waals surface area contributed by atoms with Crippen LogP contribution in [0.2, 0.25) is 5.02 Å². The number of benzene rings is 2. The highest BCUT2D eigenvalue weighted by Crippen LogP contribution is 2.22. The van der Waals surface area contributed by atoms with E-state index in [1.54, 1.807) is 0 Å². The van der Waals surface area contributed by atoms with Crippen LogP contribution in [0.3, 0.4) is 0 Å². The molecule has 0 spiro atoms. The van der Waals surface area contributed by atoms with Crippen LogP contribution in [-0.4, -0.2) is 21.9 Å². The molecule has 1 aromatic heterocycles. The van der Waals surface area contributed by atoms with Gasteiger partial charge in [0.1, 0.15) is 11.6 Å². The maximum atomic E-state index is 13.1. The Bertz CT molecular complexity index is 996. The Labute approximate surface area is 170 Å². The number of hydrogen-bond acceptors (Lipinski definition) is 6. The fourth-order valence-corrected chi connectivity index (χ4v) is 3.02. The first-order valence-electron chi connectivity index (χ1n) is 8.31. The number of hydrogen-bond donors (Lipinski definition) is 1. The highest BCUT2D eigenvalue weighted by atomic mass is 35.5. The topological polar surface area (TPSA) is 77.2 Å². The van der Waals surface area contributed by atoms with Gasteiger partial charge in [-0.05, 0) is 49.2 Å². The molecule has 146 valence electrons. The monoisotopic (exact) mass is 421 g/mol. The van der Waals surface area contributed by atoms with Crippen LogP contribution in [0.1, 0.15) is 17.0 Å². The number of rotatable bonds is 7. The van der Waals surface area contributed by atoms with Crippen LogP contribution in [0.4, 0.5) is 10.1 Å². The predicted octanol–water partition coefficient (Wildman–Crippen LogP) is 4.79. The number of amides is 1. The molecule has 3 rings (SSSR count). The van der Waals surface area contributed by atoms with Crippen LogP contribution >= 0.6 is 23.4 Å². The van der Waals surface area contributed by atoms with Gasteiger partial charge in [0.2, 0.25) is 5.91 Å². The third kappa shape index (κ3) is 5.46. The van der Waals surface area contributed by atoms with E-state index < -0.39 is 5.82 Å². The van der Waals surface area contributed by atoms with Gasteiger partial charge in [0, 0.05) is 5.69 Å². The molecule has 0 fully saturated rings. The number of carbonyl (C=O) groups excluding carboxylic acids is 1. The van der Waals surface area contributed by atoms with Crippen LogP contribution in [0.15, 0.2) is 46.0 Å². The minimum Gasteiger partial charge on any atom is -0.484 e. The number of ether oxygens (including phenoxy) is 1. The summed E-state index contributed by atoms with van der Waals surface area (Å²) in [5, 5.41) is 10.6. The summed E-state index contributed by atoms with van der Waals surface area (Å²) in [6.45, 7) is 4.08. The van der Waals surface area contributed by atoms with Crippen molar-refractivity contribution in [3.8, 4) is 5.75 Å². The van der Waals surface area contributed by atoms with Gasteiger partial charge in [-0.25, -0.2) is 4.39 Å². The second-order valence-corrected chi connectivity index (χ2v) is 7.32. The molecule has 1 amide bonds. The average Bonchev–Trinajstić information content (AvgIpc) is 3.12. The summed E-state index contributed by atoms with van der Waals surface area (Å²) in [6, 6.07) is 9.88. The number of carbonyl (C=O) groups is 1. The Morgan fingerprint density at radius 3 is 2.86 bits per heavy atom. The van der Waals surface area contributed by atoms with Crippen molar-refractivity contribution >= 4 is 35.0 Å². The number of aromatic nitrogens is 2. The van der Waals surface area contributed by atoms with Crippen LogP contribution < -0.4 is 10.1 Å². The lowest BCUT2D eigenvalue weighted by Crippen LogP contribution is -2.14. The summed E-state index contributed by atoms with van der Waals surface area (Å²) in [5.74, 6) is 0.266. The Hall–Kier alpha value is -2.58. The Morgan fingerprint density at radius 1 is 1.25 bits per heavy atom. The van der Waals surface area contributed by atoms with Gasteiger partial charge in [-0.15, -0.1) is 10.2 Å². The summed E-state index contributed by atoms with van der Waals surface area (Å²) in [6.07, 6.45) is 0. The standard InChI is InChI=1S/C19H17ClFN3O3S/c1-11-3-4-12(2)16(7-11)26-9-18-23-24-19(27-18)28-10-17(25)22-13-5-6-15(21)14(20)8-13/h3-8H,9-10H2,1-2H3,(H,22,25). The van der Waals surface area contributed by atoms with Gasteiger partial charge < -0.3 is 14.5 Å². The Balaban J connectivity index is 1.49. The van der Waals surface area contributed by atoms with E-state index in [4.69, 9.17) is 20.8 Å². The van der Waals surface area contributed by atoms with Crippen molar-refractivity contribution in [1.29, 1.82) is 0 Å². The van der Waals surface area contributed by atoms with Crippen LogP contribution in [0.25, 0.3) is 0 Å². The molecule has 1 heterocycles. The fraction of sp³-hybridized carbons (Fsp3) is 0.211. The van der Waals surface area contributed by atoms with E-state index in [0.717, 1.165) is 28.6 Å². The number of nitrogens with one attached hydrogen (secondary N) is 1. The Morgan fingerprint density at radius 2 is 2.07 bits per heavy atom. The average molecular weight is 422 g/mol. The quantitative estimate of drug-likeness (QED) is 0.553. The molecule has 0 bridgehead atoms. The number of halogens is 2. The summed E-state index contributed by atoms with van der Waals surface area (Å²) in [7, 11) is 0. The van der Waals surface area contributed by atoms with Crippen molar-refractivity contribution in [3.63, 3.8) is 0 Å². The van der Waals surface area contributed by atoms with Gasteiger partial charge in [-0.1, -0.05) is 35.5 Å². The molecule has 9 heteroatoms. The molecule has 0 saturated carbocycles. The predicted molar refractivity (Wildman–Crippen MR) is 105 cm³/mol. The van der Waals surface area contributed by atoms with E-state index >= 15 is 0 Å². The molecule has 0 aliphatic carbocycles. The molecule has 0 unspecified atom stereocenters. The first-order chi connectivity index (χ1) is 13.4. The van der Waals surface area contributed by atoms with Gasteiger partial charge in [-0.3, -0.25) is 4.79 Å². The second kappa shape index (κ2) is 9.07. The van der Waals surface area contributed by atoms with E-state index in [1.807, 2.05) is 32.0 Å². The zero-order valence-electron chi connectivity index (χ0n) is 15.2. The molecular formula is C19H17ClFN3O3S. The van der Waals surface area contributed by atoms with Crippen LogP contribution in [-0.2, 0) is 11.4 Å². The van der Waals surface area contributed by atoms with Crippen molar-refractivity contribution in [2.24, 2.45) is 0 Å². The van der Waals surface area contributed by atoms with Crippen molar-refractivity contribution in [3.05, 3.63) is 64.3 Å². The van der Waals surface area contributed by atoms with E-state index in [2.05, 4.69) is 15.5 Å². The molecule has 2 aromatic carbocycles. The zero-order valence-corrected chi connectivity index (χ0v) is 16.7. The smallest absolute Gasteiger partial charge is 0.277 e. The summed E-state index contributed by atoms with van der Waals surface area (Å²) < 4.78 is 24.3. The lowest BCUT2D eigenvalue weighted by Gasteiger charge is -2.07. The molecule has 0 atom stereocenters. The van der Waals surface area contributed by atoms with Gasteiger partial charge in [0.25, 0.3) is 11.1 Å². The molecule has 6 nitrogen and oxygen atoms in total. The van der Waals surface area contributed by atoms with E-state index in [-0.39, 0.29) is 28.5 Å². The zero-order chi connectivity index (χ0) is 20.1. The molecule has 0 radical (unpaired) electrons. The van der Waals surface area contributed by atoms with E-state index in [9.17, 15) is 9.18 Å². The molecule has 0 saturated heterocycles. The van der Waals surface area contributed by atoms with Crippen molar-refractivity contribution in [2.75, 3.05) is 11.1 Å². The largest absolute Gasteiger partial charge is 0.484 e. The number of aryl methyl sites for hydroxylation is 2. The van der Waals surface area contributed by atoms with Gasteiger partial charge in [-0.2, -0.15) is 0 Å². The lowest BCUT2D eigenvalue weighted by atomic mass is 10.1. The molecule has 0 aliphatic heterocycles. The minimum atomic E-state index is -0.546. The molecular weight excluding hydrogens is 405 g/mol. The highest BCUT2D eigenvalue weighted by molar-refractivity contribution is 7.99. The van der Waals surface area contributed by atoms with Crippen molar-refractivity contribution < 1.29 is 18.3 Å².